The van der Waals surface area contributed by atoms with Gasteiger partial charge in [0.05, 0.1) is 10.6 Å². The predicted molar refractivity (Wildman–Crippen MR) is 88.2 cm³/mol. The van der Waals surface area contributed by atoms with Crippen molar-refractivity contribution in [1.82, 2.24) is 10.3 Å². The van der Waals surface area contributed by atoms with E-state index in [0.717, 1.165) is 9.88 Å². The Morgan fingerprint density at radius 2 is 2.32 bits per heavy atom. The van der Waals surface area contributed by atoms with E-state index in [-0.39, 0.29) is 5.91 Å². The summed E-state index contributed by atoms with van der Waals surface area (Å²) >= 11 is 2.83. The standard InChI is InChI=1S/C15H16N2O3S2/c1-4-7-16-13(18)10(3)20-15(19)12-9(2)17-14(22-12)11-6-5-8-21-11/h4-6,8,10H,1,7H2,2-3H3,(H,16,18). The highest BCUT2D eigenvalue weighted by Gasteiger charge is 2.22. The minimum Gasteiger partial charge on any atom is -0.448 e. The van der Waals surface area contributed by atoms with Crippen LogP contribution in [0.15, 0.2) is 30.2 Å². The van der Waals surface area contributed by atoms with Crippen LogP contribution in [0.4, 0.5) is 0 Å². The van der Waals surface area contributed by atoms with Crippen molar-refractivity contribution in [2.45, 2.75) is 20.0 Å². The van der Waals surface area contributed by atoms with Crippen molar-refractivity contribution >= 4 is 34.6 Å². The van der Waals surface area contributed by atoms with Crippen molar-refractivity contribution < 1.29 is 14.3 Å². The molecule has 22 heavy (non-hydrogen) atoms. The number of aryl methyl sites for hydroxylation is 1. The lowest BCUT2D eigenvalue weighted by atomic mass is 10.3. The summed E-state index contributed by atoms with van der Waals surface area (Å²) in [6.07, 6.45) is 0.701. The van der Waals surface area contributed by atoms with Crippen molar-refractivity contribution in [2.75, 3.05) is 6.54 Å². The first kappa shape index (κ1) is 16.4. The Morgan fingerprint density at radius 3 is 2.95 bits per heavy atom. The molecule has 0 aromatic carbocycles. The van der Waals surface area contributed by atoms with Gasteiger partial charge in [0, 0.05) is 6.54 Å². The number of aromatic nitrogens is 1. The SMILES string of the molecule is C=CCNC(=O)C(C)OC(=O)c1sc(-c2cccs2)nc1C. The Balaban J connectivity index is 2.07. The molecule has 2 rings (SSSR count). The fraction of sp³-hybridized carbons (Fsp3) is 0.267. The van der Waals surface area contributed by atoms with E-state index in [1.54, 1.807) is 24.3 Å². The molecule has 0 bridgehead atoms. The van der Waals surface area contributed by atoms with E-state index in [9.17, 15) is 9.59 Å². The number of carbonyl (C=O) groups excluding carboxylic acids is 2. The zero-order chi connectivity index (χ0) is 16.1. The summed E-state index contributed by atoms with van der Waals surface area (Å²) < 4.78 is 5.20. The van der Waals surface area contributed by atoms with Crippen LogP contribution in [0, 0.1) is 6.92 Å². The van der Waals surface area contributed by atoms with Crippen LogP contribution in [0.1, 0.15) is 22.3 Å². The Kier molecular flexibility index (Phi) is 5.46. The minimum absolute atomic E-state index is 0.336. The summed E-state index contributed by atoms with van der Waals surface area (Å²) in [6, 6.07) is 3.88. The monoisotopic (exact) mass is 336 g/mol. The molecule has 116 valence electrons. The van der Waals surface area contributed by atoms with Crippen LogP contribution in [-0.2, 0) is 9.53 Å². The number of nitrogens with zero attached hydrogens (tertiary/aromatic N) is 1. The maximum absolute atomic E-state index is 12.2. The molecule has 2 aromatic rings. The molecular weight excluding hydrogens is 320 g/mol. The second kappa shape index (κ2) is 7.33. The maximum atomic E-state index is 12.2. The second-order valence-corrected chi connectivity index (χ2v) is 6.44. The van der Waals surface area contributed by atoms with Crippen LogP contribution < -0.4 is 5.32 Å². The molecule has 1 atom stereocenters. The number of hydrogen-bond donors (Lipinski definition) is 1. The molecule has 5 nitrogen and oxygen atoms in total. The molecule has 0 aliphatic heterocycles. The van der Waals surface area contributed by atoms with Crippen molar-refractivity contribution in [1.29, 1.82) is 0 Å². The molecule has 2 heterocycles. The summed E-state index contributed by atoms with van der Waals surface area (Å²) in [5.74, 6) is -0.882. The van der Waals surface area contributed by atoms with Crippen molar-refractivity contribution in [3.8, 4) is 9.88 Å². The van der Waals surface area contributed by atoms with Gasteiger partial charge in [-0.3, -0.25) is 4.79 Å². The topological polar surface area (TPSA) is 68.3 Å². The van der Waals surface area contributed by atoms with Crippen LogP contribution >= 0.6 is 22.7 Å². The van der Waals surface area contributed by atoms with Gasteiger partial charge in [0.15, 0.2) is 6.10 Å². The first-order chi connectivity index (χ1) is 10.5. The molecule has 1 N–H and O–H groups in total. The van der Waals surface area contributed by atoms with E-state index in [4.69, 9.17) is 4.74 Å². The second-order valence-electron chi connectivity index (χ2n) is 4.49. The van der Waals surface area contributed by atoms with Gasteiger partial charge in [-0.25, -0.2) is 9.78 Å². The highest BCUT2D eigenvalue weighted by molar-refractivity contribution is 7.22. The molecule has 2 aromatic heterocycles. The molecule has 0 aliphatic carbocycles. The number of thiazole rings is 1. The lowest BCUT2D eigenvalue weighted by molar-refractivity contribution is -0.128. The number of hydrogen-bond acceptors (Lipinski definition) is 6. The number of carbonyl (C=O) groups is 2. The summed E-state index contributed by atoms with van der Waals surface area (Å²) in [5.41, 5.74) is 0.608. The van der Waals surface area contributed by atoms with Crippen LogP contribution in [-0.4, -0.2) is 29.5 Å². The van der Waals surface area contributed by atoms with Crippen molar-refractivity contribution in [2.24, 2.45) is 0 Å². The first-order valence-electron chi connectivity index (χ1n) is 6.63. The first-order valence-corrected chi connectivity index (χ1v) is 8.33. The highest BCUT2D eigenvalue weighted by Crippen LogP contribution is 2.31. The average molecular weight is 336 g/mol. The minimum atomic E-state index is -0.862. The number of rotatable bonds is 6. The predicted octanol–water partition coefficient (Wildman–Crippen LogP) is 3.03. The quantitative estimate of drug-likeness (QED) is 0.650. The number of esters is 1. The van der Waals surface area contributed by atoms with Gasteiger partial charge in [0.25, 0.3) is 5.91 Å². The Bertz CT molecular complexity index is 677. The highest BCUT2D eigenvalue weighted by atomic mass is 32.1. The molecule has 7 heteroatoms. The lowest BCUT2D eigenvalue weighted by Crippen LogP contribution is -2.35. The summed E-state index contributed by atoms with van der Waals surface area (Å²) in [7, 11) is 0. The number of amides is 1. The van der Waals surface area contributed by atoms with Crippen LogP contribution in [0.25, 0.3) is 9.88 Å². The van der Waals surface area contributed by atoms with Crippen molar-refractivity contribution in [3.05, 3.63) is 40.7 Å². The molecule has 0 saturated heterocycles. The third-order valence-corrected chi connectivity index (χ3v) is 4.96. The van der Waals surface area contributed by atoms with E-state index in [1.807, 2.05) is 17.5 Å². The fourth-order valence-electron chi connectivity index (χ4n) is 1.68. The zero-order valence-electron chi connectivity index (χ0n) is 12.3. The molecule has 0 spiro atoms. The maximum Gasteiger partial charge on any atom is 0.351 e. The van der Waals surface area contributed by atoms with Crippen LogP contribution in [0.2, 0.25) is 0 Å². The van der Waals surface area contributed by atoms with Gasteiger partial charge < -0.3 is 10.1 Å². The molecular formula is C15H16N2O3S2. The lowest BCUT2D eigenvalue weighted by Gasteiger charge is -2.12. The molecule has 1 unspecified atom stereocenters. The molecule has 0 aliphatic rings. The number of nitrogens with one attached hydrogen (secondary N) is 1. The van der Waals surface area contributed by atoms with E-state index in [0.29, 0.717) is 17.1 Å². The number of thiophene rings is 1. The third-order valence-electron chi connectivity index (χ3n) is 2.79. The Labute approximate surface area is 136 Å². The number of ether oxygens (including phenoxy) is 1. The summed E-state index contributed by atoms with van der Waals surface area (Å²) in [4.78, 5) is 29.7. The molecule has 0 fully saturated rings. The van der Waals surface area contributed by atoms with Gasteiger partial charge in [-0.1, -0.05) is 12.1 Å². The fourth-order valence-corrected chi connectivity index (χ4v) is 3.42. The van der Waals surface area contributed by atoms with Gasteiger partial charge in [-0.15, -0.1) is 29.3 Å². The molecule has 0 radical (unpaired) electrons. The Hall–Kier alpha value is -1.99. The van der Waals surface area contributed by atoms with Crippen LogP contribution in [0.3, 0.4) is 0 Å². The van der Waals surface area contributed by atoms with E-state index >= 15 is 0 Å². The average Bonchev–Trinajstić information content (AvgIpc) is 3.13. The normalized spacial score (nSPS) is 11.7. The van der Waals surface area contributed by atoms with Gasteiger partial charge in [-0.05, 0) is 25.3 Å². The van der Waals surface area contributed by atoms with Gasteiger partial charge >= 0.3 is 5.97 Å². The van der Waals surface area contributed by atoms with Gasteiger partial charge in [0.2, 0.25) is 0 Å². The Morgan fingerprint density at radius 1 is 1.55 bits per heavy atom. The molecule has 1 amide bonds. The van der Waals surface area contributed by atoms with Gasteiger partial charge in [-0.2, -0.15) is 0 Å². The van der Waals surface area contributed by atoms with E-state index in [1.165, 1.54) is 18.3 Å². The molecule has 0 saturated carbocycles. The third kappa shape index (κ3) is 3.80. The van der Waals surface area contributed by atoms with E-state index in [2.05, 4.69) is 16.9 Å². The van der Waals surface area contributed by atoms with E-state index < -0.39 is 12.1 Å². The van der Waals surface area contributed by atoms with Crippen LogP contribution in [0.5, 0.6) is 0 Å². The summed E-state index contributed by atoms with van der Waals surface area (Å²) in [5, 5.41) is 5.32. The largest absolute Gasteiger partial charge is 0.448 e. The summed E-state index contributed by atoms with van der Waals surface area (Å²) in [6.45, 7) is 7.14. The van der Waals surface area contributed by atoms with Gasteiger partial charge in [0.1, 0.15) is 9.88 Å². The zero-order valence-corrected chi connectivity index (χ0v) is 13.9. The smallest absolute Gasteiger partial charge is 0.351 e. The van der Waals surface area contributed by atoms with Crippen molar-refractivity contribution in [3.63, 3.8) is 0 Å².